The molecule has 8 heteroatoms. The highest BCUT2D eigenvalue weighted by atomic mass is 19.4. The molecule has 0 radical (unpaired) electrons. The SMILES string of the molecule is CCOC(=O)C1(c2ccc(-c3ccc(-c4onc(C)c4C(O)C/C=C/c4ccc(C(F)(F)F)cc4)cc3)cc2)CC1. The molecule has 1 saturated carbocycles. The van der Waals surface area contributed by atoms with Gasteiger partial charge in [-0.05, 0) is 67.5 Å². The van der Waals surface area contributed by atoms with Crippen molar-refractivity contribution >= 4 is 12.0 Å². The topological polar surface area (TPSA) is 72.6 Å². The Morgan fingerprint density at radius 1 is 1.00 bits per heavy atom. The van der Waals surface area contributed by atoms with E-state index in [1.54, 1.807) is 19.1 Å². The van der Waals surface area contributed by atoms with E-state index in [9.17, 15) is 23.1 Å². The van der Waals surface area contributed by atoms with Crippen molar-refractivity contribution in [2.45, 2.75) is 50.8 Å². The minimum absolute atomic E-state index is 0.160. The molecule has 1 unspecified atom stereocenters. The van der Waals surface area contributed by atoms with Gasteiger partial charge in [-0.2, -0.15) is 13.2 Å². The second-order valence-corrected chi connectivity index (χ2v) is 10.2. The van der Waals surface area contributed by atoms with Gasteiger partial charge >= 0.3 is 12.1 Å². The number of nitrogens with zero attached hydrogens (tertiary/aromatic N) is 1. The number of esters is 1. The number of benzene rings is 3. The van der Waals surface area contributed by atoms with Crippen LogP contribution < -0.4 is 0 Å². The molecule has 1 fully saturated rings. The molecule has 212 valence electrons. The van der Waals surface area contributed by atoms with Gasteiger partial charge in [0.05, 0.1) is 34.9 Å². The zero-order chi connectivity index (χ0) is 29.2. The van der Waals surface area contributed by atoms with Crippen molar-refractivity contribution in [2.75, 3.05) is 6.61 Å². The van der Waals surface area contributed by atoms with Crippen molar-refractivity contribution in [2.24, 2.45) is 0 Å². The van der Waals surface area contributed by atoms with E-state index in [2.05, 4.69) is 5.16 Å². The summed E-state index contributed by atoms with van der Waals surface area (Å²) in [5, 5.41) is 15.0. The summed E-state index contributed by atoms with van der Waals surface area (Å²) in [6.45, 7) is 3.94. The molecule has 0 aliphatic heterocycles. The number of carbonyl (C=O) groups excluding carboxylic acids is 1. The fourth-order valence-corrected chi connectivity index (χ4v) is 5.01. The van der Waals surface area contributed by atoms with Crippen LogP contribution in [0.3, 0.4) is 0 Å². The third kappa shape index (κ3) is 5.98. The van der Waals surface area contributed by atoms with Gasteiger partial charge in [0.25, 0.3) is 0 Å². The van der Waals surface area contributed by atoms with Crippen LogP contribution in [0.15, 0.2) is 83.4 Å². The molecule has 5 rings (SSSR count). The summed E-state index contributed by atoms with van der Waals surface area (Å²) in [6.07, 6.45) is -0.0794. The number of aromatic nitrogens is 1. The Hall–Kier alpha value is -4.17. The number of aliphatic hydroxyl groups excluding tert-OH is 1. The average molecular weight is 562 g/mol. The van der Waals surface area contributed by atoms with Crippen LogP contribution in [-0.2, 0) is 21.1 Å². The van der Waals surface area contributed by atoms with Gasteiger partial charge < -0.3 is 14.4 Å². The third-order valence-electron chi connectivity index (χ3n) is 7.48. The lowest BCUT2D eigenvalue weighted by Crippen LogP contribution is -2.23. The van der Waals surface area contributed by atoms with Crippen LogP contribution in [-0.4, -0.2) is 22.8 Å². The standard InChI is InChI=1S/C33H30F3NO4/c1-3-40-31(39)32(19-20-32)26-17-13-24(14-18-26)23-9-11-25(12-10-23)30-29(21(2)37-41-30)28(38)6-4-5-22-7-15-27(16-8-22)33(34,35)36/h4-5,7-18,28,38H,3,6,19-20H2,1-2H3/b5-4+. The second kappa shape index (κ2) is 11.4. The molecule has 1 N–H and O–H groups in total. The van der Waals surface area contributed by atoms with E-state index in [0.717, 1.165) is 47.2 Å². The Morgan fingerprint density at radius 3 is 2.15 bits per heavy atom. The predicted molar refractivity (Wildman–Crippen MR) is 150 cm³/mol. The number of halogens is 3. The molecule has 0 saturated heterocycles. The molecular formula is C33H30F3NO4. The van der Waals surface area contributed by atoms with Crippen LogP contribution in [0.5, 0.6) is 0 Å². The minimum atomic E-state index is -4.38. The van der Waals surface area contributed by atoms with E-state index >= 15 is 0 Å². The molecule has 4 aromatic rings. The number of aryl methyl sites for hydroxylation is 1. The number of aliphatic hydroxyl groups is 1. The van der Waals surface area contributed by atoms with Crippen LogP contribution in [0, 0.1) is 6.92 Å². The summed E-state index contributed by atoms with van der Waals surface area (Å²) in [5.41, 5.74) is 4.23. The lowest BCUT2D eigenvalue weighted by Gasteiger charge is -2.15. The van der Waals surface area contributed by atoms with E-state index in [0.29, 0.717) is 29.2 Å². The maximum Gasteiger partial charge on any atom is 0.416 e. The summed E-state index contributed by atoms with van der Waals surface area (Å²) in [5.74, 6) is 0.303. The van der Waals surface area contributed by atoms with Crippen molar-refractivity contribution in [3.63, 3.8) is 0 Å². The molecule has 41 heavy (non-hydrogen) atoms. The smallest absolute Gasteiger partial charge is 0.416 e. The van der Waals surface area contributed by atoms with Crippen molar-refractivity contribution in [3.8, 4) is 22.5 Å². The van der Waals surface area contributed by atoms with Crippen LogP contribution in [0.25, 0.3) is 28.5 Å². The number of ether oxygens (including phenoxy) is 1. The van der Waals surface area contributed by atoms with Crippen molar-refractivity contribution in [1.82, 2.24) is 5.16 Å². The zero-order valence-electron chi connectivity index (χ0n) is 22.7. The molecule has 1 aromatic heterocycles. The first-order valence-electron chi connectivity index (χ1n) is 13.5. The van der Waals surface area contributed by atoms with Gasteiger partial charge in [-0.25, -0.2) is 0 Å². The predicted octanol–water partition coefficient (Wildman–Crippen LogP) is 8.07. The fraction of sp³-hybridized carbons (Fsp3) is 0.273. The number of alkyl halides is 3. The Labute approximate surface area is 236 Å². The molecule has 5 nitrogen and oxygen atoms in total. The molecule has 0 bridgehead atoms. The number of hydrogen-bond donors (Lipinski definition) is 1. The minimum Gasteiger partial charge on any atom is -0.465 e. The second-order valence-electron chi connectivity index (χ2n) is 10.2. The highest BCUT2D eigenvalue weighted by molar-refractivity contribution is 5.87. The lowest BCUT2D eigenvalue weighted by molar-refractivity contribution is -0.146. The van der Waals surface area contributed by atoms with E-state index in [4.69, 9.17) is 9.26 Å². The number of carbonyl (C=O) groups is 1. The first-order chi connectivity index (χ1) is 19.6. The van der Waals surface area contributed by atoms with Gasteiger partial charge in [0.15, 0.2) is 5.76 Å². The largest absolute Gasteiger partial charge is 0.465 e. The lowest BCUT2D eigenvalue weighted by atomic mass is 9.93. The highest BCUT2D eigenvalue weighted by Crippen LogP contribution is 2.49. The van der Waals surface area contributed by atoms with Crippen molar-refractivity contribution < 1.29 is 32.3 Å². The summed E-state index contributed by atoms with van der Waals surface area (Å²) in [4.78, 5) is 12.4. The fourth-order valence-electron chi connectivity index (χ4n) is 5.01. The van der Waals surface area contributed by atoms with Gasteiger partial charge in [-0.3, -0.25) is 4.79 Å². The maximum atomic E-state index is 12.8. The highest BCUT2D eigenvalue weighted by Gasteiger charge is 2.52. The average Bonchev–Trinajstić information content (AvgIpc) is 3.69. The molecule has 1 aliphatic carbocycles. The van der Waals surface area contributed by atoms with Gasteiger partial charge in [0, 0.05) is 5.56 Å². The molecular weight excluding hydrogens is 531 g/mol. The molecule has 0 amide bonds. The van der Waals surface area contributed by atoms with E-state index in [1.807, 2.05) is 55.5 Å². The quantitative estimate of drug-likeness (QED) is 0.209. The normalized spacial score (nSPS) is 15.2. The van der Waals surface area contributed by atoms with Gasteiger partial charge in [-0.1, -0.05) is 78.0 Å². The Morgan fingerprint density at radius 2 is 1.59 bits per heavy atom. The zero-order valence-corrected chi connectivity index (χ0v) is 22.7. The Bertz CT molecular complexity index is 1530. The van der Waals surface area contributed by atoms with E-state index < -0.39 is 23.3 Å². The van der Waals surface area contributed by atoms with Crippen molar-refractivity contribution in [1.29, 1.82) is 0 Å². The molecule has 1 atom stereocenters. The van der Waals surface area contributed by atoms with Crippen LogP contribution in [0.2, 0.25) is 0 Å². The van der Waals surface area contributed by atoms with Gasteiger partial charge in [0.1, 0.15) is 0 Å². The molecule has 1 aliphatic rings. The van der Waals surface area contributed by atoms with Crippen LogP contribution in [0.4, 0.5) is 13.2 Å². The number of rotatable bonds is 9. The van der Waals surface area contributed by atoms with Gasteiger partial charge in [-0.15, -0.1) is 0 Å². The molecule has 1 heterocycles. The Kier molecular flexibility index (Phi) is 7.87. The van der Waals surface area contributed by atoms with Crippen LogP contribution >= 0.6 is 0 Å². The maximum absolute atomic E-state index is 12.8. The first kappa shape index (κ1) is 28.4. The van der Waals surface area contributed by atoms with E-state index in [1.165, 1.54) is 12.1 Å². The number of hydrogen-bond acceptors (Lipinski definition) is 5. The summed E-state index contributed by atoms with van der Waals surface area (Å²) in [6, 6.07) is 20.5. The van der Waals surface area contributed by atoms with Crippen molar-refractivity contribution in [3.05, 3.63) is 107 Å². The van der Waals surface area contributed by atoms with E-state index in [-0.39, 0.29) is 12.4 Å². The first-order valence-corrected chi connectivity index (χ1v) is 13.5. The summed E-state index contributed by atoms with van der Waals surface area (Å²) in [7, 11) is 0. The Balaban J connectivity index is 1.27. The molecule has 3 aromatic carbocycles. The van der Waals surface area contributed by atoms with Crippen LogP contribution in [0.1, 0.15) is 60.2 Å². The van der Waals surface area contributed by atoms with Gasteiger partial charge in [0.2, 0.25) is 0 Å². The third-order valence-corrected chi connectivity index (χ3v) is 7.48. The monoisotopic (exact) mass is 561 g/mol. The molecule has 0 spiro atoms. The summed E-state index contributed by atoms with van der Waals surface area (Å²) >= 11 is 0. The summed E-state index contributed by atoms with van der Waals surface area (Å²) < 4.78 is 49.2.